The van der Waals surface area contributed by atoms with Gasteiger partial charge in [-0.05, 0) is 50.3 Å². The molecule has 2 aliphatic heterocycles. The second-order valence-corrected chi connectivity index (χ2v) is 9.74. The van der Waals surface area contributed by atoms with E-state index < -0.39 is 5.41 Å². The summed E-state index contributed by atoms with van der Waals surface area (Å²) in [5, 5.41) is 10.5. The molecule has 0 bridgehead atoms. The summed E-state index contributed by atoms with van der Waals surface area (Å²) < 4.78 is 0. The predicted octanol–water partition coefficient (Wildman–Crippen LogP) is 3.02. The Labute approximate surface area is 193 Å². The molecule has 1 amide bonds. The molecule has 170 valence electrons. The molecule has 33 heavy (non-hydrogen) atoms. The summed E-state index contributed by atoms with van der Waals surface area (Å²) in [6, 6.07) is 10.2. The lowest BCUT2D eigenvalue weighted by Crippen LogP contribution is -2.53. The van der Waals surface area contributed by atoms with Crippen molar-refractivity contribution in [2.45, 2.75) is 44.7 Å². The largest absolute Gasteiger partial charge is 0.354 e. The van der Waals surface area contributed by atoms with Gasteiger partial charge in [0.15, 0.2) is 0 Å². The van der Waals surface area contributed by atoms with Crippen LogP contribution in [0.5, 0.6) is 0 Å². The Morgan fingerprint density at radius 1 is 1.21 bits per heavy atom. The molecule has 0 radical (unpaired) electrons. The highest BCUT2D eigenvalue weighted by Crippen LogP contribution is 2.43. The first kappa shape index (κ1) is 20.4. The molecule has 8 nitrogen and oxygen atoms in total. The van der Waals surface area contributed by atoms with Crippen molar-refractivity contribution in [3.05, 3.63) is 65.2 Å². The molecule has 8 heteroatoms. The van der Waals surface area contributed by atoms with Crippen molar-refractivity contribution in [3.8, 4) is 0 Å². The smallest absolute Gasteiger partial charge is 0.240 e. The molecule has 1 saturated heterocycles. The van der Waals surface area contributed by atoms with E-state index in [1.165, 1.54) is 18.4 Å². The second kappa shape index (κ2) is 7.95. The Kier molecular flexibility index (Phi) is 4.90. The zero-order valence-electron chi connectivity index (χ0n) is 18.9. The molecule has 2 N–H and O–H groups in total. The zero-order chi connectivity index (χ0) is 22.4. The van der Waals surface area contributed by atoms with Crippen molar-refractivity contribution < 1.29 is 4.79 Å². The van der Waals surface area contributed by atoms with Gasteiger partial charge < -0.3 is 10.2 Å². The van der Waals surface area contributed by atoms with Crippen molar-refractivity contribution in [1.29, 1.82) is 0 Å². The minimum Gasteiger partial charge on any atom is -0.354 e. The molecule has 4 heterocycles. The molecule has 1 aromatic carbocycles. The van der Waals surface area contributed by atoms with Crippen LogP contribution >= 0.6 is 0 Å². The van der Waals surface area contributed by atoms with E-state index >= 15 is 0 Å². The van der Waals surface area contributed by atoms with Crippen molar-refractivity contribution in [2.24, 2.45) is 5.92 Å². The molecule has 3 aromatic rings. The Bertz CT molecular complexity index is 1160. The van der Waals surface area contributed by atoms with Gasteiger partial charge in [-0.15, -0.1) is 0 Å². The number of rotatable bonds is 6. The minimum absolute atomic E-state index is 0.137. The number of aryl methyl sites for hydroxylation is 1. The number of carbonyl (C=O) groups is 1. The van der Waals surface area contributed by atoms with E-state index in [1.807, 2.05) is 29.3 Å². The quantitative estimate of drug-likeness (QED) is 0.609. The number of aromatic amines is 1. The average molecular weight is 444 g/mol. The van der Waals surface area contributed by atoms with E-state index in [-0.39, 0.29) is 5.91 Å². The third-order valence-electron chi connectivity index (χ3n) is 7.19. The first-order chi connectivity index (χ1) is 16.1. The molecule has 1 atom stereocenters. The average Bonchev–Trinajstić information content (AvgIpc) is 3.34. The standard InChI is InChI=1S/C25H29N7O/c1-17-2-6-21(7-3-17)32-14-19-13-27-24(26-12-18-4-5-18)29-22(19)25(23(32)33)9-11-31(16-25)15-20-8-10-28-30-20/h2-3,6-8,10,13,18H,4-5,9,11-12,14-16H2,1H3,(H,28,30)(H,26,27,29). The maximum Gasteiger partial charge on any atom is 0.240 e. The predicted molar refractivity (Wildman–Crippen MR) is 126 cm³/mol. The highest BCUT2D eigenvalue weighted by Gasteiger charge is 2.53. The zero-order valence-corrected chi connectivity index (χ0v) is 18.9. The maximum absolute atomic E-state index is 14.1. The highest BCUT2D eigenvalue weighted by atomic mass is 16.2. The van der Waals surface area contributed by atoms with Gasteiger partial charge in [0.1, 0.15) is 5.41 Å². The fourth-order valence-corrected chi connectivity index (χ4v) is 5.12. The van der Waals surface area contributed by atoms with Crippen LogP contribution in [-0.2, 0) is 23.3 Å². The molecule has 2 fully saturated rings. The second-order valence-electron chi connectivity index (χ2n) is 9.74. The number of benzene rings is 1. The van der Waals surface area contributed by atoms with Crippen LogP contribution in [0.2, 0.25) is 0 Å². The van der Waals surface area contributed by atoms with Crippen molar-refractivity contribution in [2.75, 3.05) is 29.9 Å². The van der Waals surface area contributed by atoms with Gasteiger partial charge in [-0.3, -0.25) is 14.8 Å². The van der Waals surface area contributed by atoms with Crippen molar-refractivity contribution >= 4 is 17.5 Å². The molecule has 1 aliphatic carbocycles. The Balaban J connectivity index is 1.36. The monoisotopic (exact) mass is 443 g/mol. The molecule has 6 rings (SSSR count). The number of carbonyl (C=O) groups excluding carboxylic acids is 1. The van der Waals surface area contributed by atoms with E-state index in [1.54, 1.807) is 6.20 Å². The van der Waals surface area contributed by atoms with E-state index in [9.17, 15) is 4.79 Å². The summed E-state index contributed by atoms with van der Waals surface area (Å²) in [6.07, 6.45) is 6.98. The van der Waals surface area contributed by atoms with Crippen LogP contribution < -0.4 is 10.2 Å². The Morgan fingerprint density at radius 3 is 2.82 bits per heavy atom. The minimum atomic E-state index is -0.669. The summed E-state index contributed by atoms with van der Waals surface area (Å²) in [7, 11) is 0. The first-order valence-corrected chi connectivity index (χ1v) is 11.8. The summed E-state index contributed by atoms with van der Waals surface area (Å²) >= 11 is 0. The number of hydrogen-bond acceptors (Lipinski definition) is 6. The molecular weight excluding hydrogens is 414 g/mol. The van der Waals surface area contributed by atoms with Gasteiger partial charge in [-0.1, -0.05) is 17.7 Å². The SMILES string of the molecule is Cc1ccc(N2Cc3cnc(NCC4CC4)nc3C3(CCN(Cc4ccn[nH]4)C3)C2=O)cc1. The van der Waals surface area contributed by atoms with Crippen LogP contribution in [0.15, 0.2) is 42.7 Å². The third-order valence-corrected chi connectivity index (χ3v) is 7.19. The molecular formula is C25H29N7O. The number of anilines is 2. The normalized spacial score (nSPS) is 22.7. The maximum atomic E-state index is 14.1. The van der Waals surface area contributed by atoms with Crippen LogP contribution in [0.4, 0.5) is 11.6 Å². The number of likely N-dealkylation sites (tertiary alicyclic amines) is 1. The number of amides is 1. The van der Waals surface area contributed by atoms with Gasteiger partial charge >= 0.3 is 0 Å². The lowest BCUT2D eigenvalue weighted by molar-refractivity contribution is -0.124. The van der Waals surface area contributed by atoms with E-state index in [4.69, 9.17) is 4.98 Å². The van der Waals surface area contributed by atoms with Gasteiger partial charge in [0, 0.05) is 55.5 Å². The van der Waals surface area contributed by atoms with Crippen LogP contribution in [0, 0.1) is 12.8 Å². The Morgan fingerprint density at radius 2 is 2.06 bits per heavy atom. The number of nitrogens with zero attached hydrogens (tertiary/aromatic N) is 5. The lowest BCUT2D eigenvalue weighted by Gasteiger charge is -2.40. The summed E-state index contributed by atoms with van der Waals surface area (Å²) in [5.74, 6) is 1.51. The van der Waals surface area contributed by atoms with Crippen LogP contribution in [0.25, 0.3) is 0 Å². The number of nitrogens with one attached hydrogen (secondary N) is 2. The van der Waals surface area contributed by atoms with E-state index in [2.05, 4.69) is 44.5 Å². The molecule has 1 saturated carbocycles. The van der Waals surface area contributed by atoms with Crippen molar-refractivity contribution in [3.63, 3.8) is 0 Å². The van der Waals surface area contributed by atoms with Gasteiger partial charge in [0.25, 0.3) is 0 Å². The number of H-pyrrole nitrogens is 1. The van der Waals surface area contributed by atoms with E-state index in [0.717, 1.165) is 54.6 Å². The third kappa shape index (κ3) is 3.78. The van der Waals surface area contributed by atoms with Gasteiger partial charge in [-0.2, -0.15) is 5.10 Å². The first-order valence-electron chi connectivity index (χ1n) is 11.8. The number of hydrogen-bond donors (Lipinski definition) is 2. The van der Waals surface area contributed by atoms with Gasteiger partial charge in [0.05, 0.1) is 12.2 Å². The molecule has 1 spiro atoms. The Hall–Kier alpha value is -3.26. The van der Waals surface area contributed by atoms with Gasteiger partial charge in [-0.25, -0.2) is 9.97 Å². The summed E-state index contributed by atoms with van der Waals surface area (Å²) in [4.78, 5) is 27.9. The highest BCUT2D eigenvalue weighted by molar-refractivity contribution is 6.03. The van der Waals surface area contributed by atoms with Crippen LogP contribution in [0.3, 0.4) is 0 Å². The number of aromatic nitrogens is 4. The number of fused-ring (bicyclic) bond motifs is 2. The lowest BCUT2D eigenvalue weighted by atomic mass is 9.77. The fourth-order valence-electron chi connectivity index (χ4n) is 5.12. The van der Waals surface area contributed by atoms with Gasteiger partial charge in [0.2, 0.25) is 11.9 Å². The molecule has 3 aliphatic rings. The van der Waals surface area contributed by atoms with Crippen LogP contribution in [0.1, 0.15) is 41.8 Å². The summed E-state index contributed by atoms with van der Waals surface area (Å²) in [6.45, 7) is 5.68. The molecule has 2 aromatic heterocycles. The van der Waals surface area contributed by atoms with Crippen molar-refractivity contribution in [1.82, 2.24) is 25.1 Å². The van der Waals surface area contributed by atoms with Crippen LogP contribution in [-0.4, -0.2) is 50.6 Å². The topological polar surface area (TPSA) is 90.0 Å². The fraction of sp³-hybridized carbons (Fsp3) is 0.440. The van der Waals surface area contributed by atoms with E-state index in [0.29, 0.717) is 19.0 Å². The summed E-state index contributed by atoms with van der Waals surface area (Å²) in [5.41, 5.74) is 4.43. The molecule has 1 unspecified atom stereocenters.